The van der Waals surface area contributed by atoms with Crippen LogP contribution >= 0.6 is 0 Å². The highest BCUT2D eigenvalue weighted by molar-refractivity contribution is 5.80. The zero-order chi connectivity index (χ0) is 14.7. The first-order valence-corrected chi connectivity index (χ1v) is 6.35. The summed E-state index contributed by atoms with van der Waals surface area (Å²) in [5.41, 5.74) is 1.14. The molecule has 2 rings (SSSR count). The van der Waals surface area contributed by atoms with E-state index in [4.69, 9.17) is 9.84 Å². The molecule has 1 saturated heterocycles. The molecule has 20 heavy (non-hydrogen) atoms. The van der Waals surface area contributed by atoms with E-state index in [0.29, 0.717) is 24.4 Å². The maximum atomic E-state index is 10.5. The van der Waals surface area contributed by atoms with Gasteiger partial charge in [-0.15, -0.1) is 0 Å². The van der Waals surface area contributed by atoms with E-state index < -0.39 is 24.4 Å². The molecule has 2 heterocycles. The van der Waals surface area contributed by atoms with Crippen molar-refractivity contribution in [3.8, 4) is 0 Å². The van der Waals surface area contributed by atoms with Crippen LogP contribution in [0.25, 0.3) is 0 Å². The molecule has 2 aliphatic rings. The van der Waals surface area contributed by atoms with Crippen molar-refractivity contribution in [2.45, 2.75) is 31.3 Å². The second-order valence-electron chi connectivity index (χ2n) is 4.97. The van der Waals surface area contributed by atoms with E-state index in [2.05, 4.69) is 4.99 Å². The zero-order valence-electron chi connectivity index (χ0n) is 11.1. The van der Waals surface area contributed by atoms with Crippen molar-refractivity contribution in [3.05, 3.63) is 17.3 Å². The molecule has 3 N–H and O–H groups in total. The van der Waals surface area contributed by atoms with E-state index in [0.717, 1.165) is 0 Å². The predicted molar refractivity (Wildman–Crippen MR) is 70.8 cm³/mol. The zero-order valence-corrected chi connectivity index (χ0v) is 11.1. The van der Waals surface area contributed by atoms with Gasteiger partial charge in [0, 0.05) is 23.6 Å². The summed E-state index contributed by atoms with van der Waals surface area (Å²) in [7, 11) is 0. The average molecular weight is 282 g/mol. The van der Waals surface area contributed by atoms with Crippen LogP contribution in [0.4, 0.5) is 0 Å². The van der Waals surface area contributed by atoms with Gasteiger partial charge in [-0.1, -0.05) is 0 Å². The van der Waals surface area contributed by atoms with Crippen LogP contribution in [0.1, 0.15) is 6.92 Å². The number of aliphatic hydroxyl groups is 3. The number of hydrogen-bond acceptors (Lipinski definition) is 7. The summed E-state index contributed by atoms with van der Waals surface area (Å²) in [4.78, 5) is 16.4. The highest BCUT2D eigenvalue weighted by atomic mass is 16.6. The molecule has 0 aromatic rings. The van der Waals surface area contributed by atoms with E-state index in [9.17, 15) is 15.0 Å². The highest BCUT2D eigenvalue weighted by Crippen LogP contribution is 2.26. The van der Waals surface area contributed by atoms with Crippen molar-refractivity contribution in [1.29, 1.82) is 0 Å². The van der Waals surface area contributed by atoms with Crippen molar-refractivity contribution in [2.75, 3.05) is 19.8 Å². The Morgan fingerprint density at radius 1 is 1.55 bits per heavy atom. The lowest BCUT2D eigenvalue weighted by molar-refractivity contribution is -0.0132. The third-order valence-electron chi connectivity index (χ3n) is 3.32. The van der Waals surface area contributed by atoms with Gasteiger partial charge in [-0.25, -0.2) is 4.79 Å². The number of ether oxygens (including phenoxy) is 1. The number of hydrogen-bond donors (Lipinski definition) is 3. The molecule has 2 aliphatic heterocycles. The van der Waals surface area contributed by atoms with Gasteiger partial charge in [-0.3, -0.25) is 4.99 Å². The molecule has 0 aromatic heterocycles. The van der Waals surface area contributed by atoms with Gasteiger partial charge in [0.1, 0.15) is 37.0 Å². The summed E-state index contributed by atoms with van der Waals surface area (Å²) in [6, 6.07) is 0. The van der Waals surface area contributed by atoms with Gasteiger partial charge in [-0.05, 0) is 6.92 Å². The second kappa shape index (κ2) is 6.30. The second-order valence-corrected chi connectivity index (χ2v) is 4.97. The minimum Gasteiger partial charge on any atom is -0.394 e. The van der Waals surface area contributed by atoms with Crippen LogP contribution in [0.3, 0.4) is 0 Å². The van der Waals surface area contributed by atoms with Crippen LogP contribution in [0.5, 0.6) is 0 Å². The van der Waals surface area contributed by atoms with E-state index in [1.54, 1.807) is 24.2 Å². The van der Waals surface area contributed by atoms with Gasteiger partial charge in [0.05, 0.1) is 13.2 Å². The van der Waals surface area contributed by atoms with Crippen LogP contribution in [0.15, 0.2) is 22.3 Å². The topological polar surface area (TPSA) is 103 Å². The molecule has 7 heteroatoms. The lowest BCUT2D eigenvalue weighted by atomic mass is 10.0. The molecular weight excluding hydrogens is 264 g/mol. The van der Waals surface area contributed by atoms with E-state index >= 15 is 0 Å². The molecule has 0 bridgehead atoms. The van der Waals surface area contributed by atoms with E-state index in [1.807, 2.05) is 5.94 Å². The lowest BCUT2D eigenvalue weighted by Gasteiger charge is -2.25. The number of carbonyl (C=O) groups excluding carboxylic acids is 1. The summed E-state index contributed by atoms with van der Waals surface area (Å²) < 4.78 is 5.43. The van der Waals surface area contributed by atoms with Crippen LogP contribution in [-0.2, 0) is 9.53 Å². The van der Waals surface area contributed by atoms with Crippen molar-refractivity contribution in [1.82, 2.24) is 4.90 Å². The fourth-order valence-corrected chi connectivity index (χ4v) is 2.29. The molecule has 4 atom stereocenters. The Morgan fingerprint density at radius 3 is 2.90 bits per heavy atom. The molecule has 0 aliphatic carbocycles. The van der Waals surface area contributed by atoms with E-state index in [1.165, 1.54) is 0 Å². The van der Waals surface area contributed by atoms with Gasteiger partial charge in [0.25, 0.3) is 0 Å². The van der Waals surface area contributed by atoms with Gasteiger partial charge in [-0.2, -0.15) is 0 Å². The number of rotatable bonds is 4. The number of nitrogens with zero attached hydrogens (tertiary/aromatic N) is 2. The molecule has 0 amide bonds. The largest absolute Gasteiger partial charge is 0.394 e. The Morgan fingerprint density at radius 2 is 2.30 bits per heavy atom. The third kappa shape index (κ3) is 2.98. The summed E-state index contributed by atoms with van der Waals surface area (Å²) in [6.45, 7) is 2.09. The fourth-order valence-electron chi connectivity index (χ4n) is 2.29. The normalized spacial score (nSPS) is 33.0. The Bertz CT molecular complexity index is 469. The molecule has 0 aromatic carbocycles. The SMILES string of the molecule is CC(=C=O)CN1C=C([C@@H]2O[C@H](CO)[C@@H](O)[C@H]2O)C=NC1. The average Bonchev–Trinajstić information content (AvgIpc) is 2.75. The Balaban J connectivity index is 2.11. The first kappa shape index (κ1) is 14.9. The van der Waals surface area contributed by atoms with Crippen molar-refractivity contribution < 1.29 is 24.9 Å². The molecule has 110 valence electrons. The van der Waals surface area contributed by atoms with Crippen LogP contribution in [-0.4, -0.2) is 76.6 Å². The minimum atomic E-state index is -1.13. The molecule has 7 nitrogen and oxygen atoms in total. The fraction of sp³-hybridized carbons (Fsp3) is 0.615. The molecule has 0 spiro atoms. The van der Waals surface area contributed by atoms with Crippen LogP contribution in [0.2, 0.25) is 0 Å². The summed E-state index contributed by atoms with van der Waals surface area (Å²) in [5.74, 6) is 1.82. The molecule has 0 radical (unpaired) electrons. The quantitative estimate of drug-likeness (QED) is 0.541. The predicted octanol–water partition coefficient (Wildman–Crippen LogP) is -1.53. The number of aliphatic imine (C=N–C) groups is 1. The number of aliphatic hydroxyl groups excluding tert-OH is 3. The smallest absolute Gasteiger partial charge is 0.125 e. The molecule has 0 saturated carbocycles. The summed E-state index contributed by atoms with van der Waals surface area (Å²) in [5, 5.41) is 28.8. The van der Waals surface area contributed by atoms with Gasteiger partial charge in [0.15, 0.2) is 0 Å². The third-order valence-corrected chi connectivity index (χ3v) is 3.32. The highest BCUT2D eigenvalue weighted by Gasteiger charge is 2.43. The first-order chi connectivity index (χ1) is 9.56. The van der Waals surface area contributed by atoms with E-state index in [-0.39, 0.29) is 6.61 Å². The first-order valence-electron chi connectivity index (χ1n) is 6.35. The van der Waals surface area contributed by atoms with Gasteiger partial charge in [0.2, 0.25) is 0 Å². The molecular formula is C13H18N2O5. The Kier molecular flexibility index (Phi) is 4.69. The van der Waals surface area contributed by atoms with Crippen molar-refractivity contribution in [2.24, 2.45) is 4.99 Å². The monoisotopic (exact) mass is 282 g/mol. The maximum absolute atomic E-state index is 10.5. The lowest BCUT2D eigenvalue weighted by Crippen LogP contribution is -2.35. The van der Waals surface area contributed by atoms with Crippen LogP contribution in [0, 0.1) is 0 Å². The summed E-state index contributed by atoms with van der Waals surface area (Å²) in [6.07, 6.45) is -0.505. The van der Waals surface area contributed by atoms with Gasteiger partial charge < -0.3 is 25.0 Å². The standard InChI is InChI=1S/C13H18N2O5/c1-8(5-16)3-15-4-9(2-14-7-15)13-12(19)11(18)10(6-17)20-13/h2,4,10-13,17-19H,3,6-7H2,1H3/t10-,11-,12-,13+/m1/s1. The Labute approximate surface area is 116 Å². The summed E-state index contributed by atoms with van der Waals surface area (Å²) >= 11 is 0. The minimum absolute atomic E-state index is 0.365. The van der Waals surface area contributed by atoms with Crippen molar-refractivity contribution in [3.63, 3.8) is 0 Å². The van der Waals surface area contributed by atoms with Crippen molar-refractivity contribution >= 4 is 12.2 Å². The Hall–Kier alpha value is -1.50. The molecule has 1 fully saturated rings. The molecule has 0 unspecified atom stereocenters. The van der Waals surface area contributed by atoms with Gasteiger partial charge >= 0.3 is 0 Å². The maximum Gasteiger partial charge on any atom is 0.125 e. The van der Waals surface area contributed by atoms with Crippen LogP contribution < -0.4 is 0 Å².